The van der Waals surface area contributed by atoms with Crippen LogP contribution in [-0.4, -0.2) is 12.3 Å². The highest BCUT2D eigenvalue weighted by Gasteiger charge is 2.34. The molecule has 0 saturated heterocycles. The molecule has 2 aliphatic heterocycles. The van der Waals surface area contributed by atoms with Gasteiger partial charge < -0.3 is 15.4 Å². The van der Waals surface area contributed by atoms with Gasteiger partial charge in [0.05, 0.1) is 16.6 Å². The van der Waals surface area contributed by atoms with Crippen LogP contribution in [0, 0.1) is 0 Å². The van der Waals surface area contributed by atoms with Gasteiger partial charge in [-0.05, 0) is 23.8 Å². The molecule has 8 heteroatoms. The smallest absolute Gasteiger partial charge is 0.406 e. The van der Waals surface area contributed by atoms with Crippen molar-refractivity contribution in [1.29, 1.82) is 0 Å². The van der Waals surface area contributed by atoms with Crippen LogP contribution < -0.4 is 15.4 Å². The largest absolute Gasteiger partial charge is 0.573 e. The maximum absolute atomic E-state index is 12.5. The van der Waals surface area contributed by atoms with Crippen LogP contribution in [0.15, 0.2) is 64.0 Å². The number of amides is 1. The first-order valence-electron chi connectivity index (χ1n) is 7.83. The van der Waals surface area contributed by atoms with Crippen molar-refractivity contribution in [3.63, 3.8) is 0 Å². The number of benzene rings is 2. The number of rotatable bonds is 2. The molecule has 2 heterocycles. The van der Waals surface area contributed by atoms with Crippen molar-refractivity contribution in [2.24, 2.45) is 0 Å². The van der Waals surface area contributed by atoms with Crippen molar-refractivity contribution in [3.05, 3.63) is 64.7 Å². The van der Waals surface area contributed by atoms with Gasteiger partial charge in [-0.25, -0.2) is 0 Å². The van der Waals surface area contributed by atoms with E-state index in [1.54, 1.807) is 0 Å². The number of fused-ring (bicyclic) bond motifs is 1. The summed E-state index contributed by atoms with van der Waals surface area (Å²) < 4.78 is 41.1. The van der Waals surface area contributed by atoms with E-state index in [4.69, 9.17) is 0 Å². The van der Waals surface area contributed by atoms with Crippen molar-refractivity contribution in [2.45, 2.75) is 23.7 Å². The van der Waals surface area contributed by atoms with Gasteiger partial charge in [0.2, 0.25) is 0 Å². The van der Waals surface area contributed by atoms with E-state index >= 15 is 0 Å². The number of anilines is 1. The van der Waals surface area contributed by atoms with Crippen LogP contribution >= 0.6 is 11.8 Å². The Labute approximate surface area is 151 Å². The van der Waals surface area contributed by atoms with Crippen LogP contribution in [0.1, 0.15) is 18.0 Å². The Bertz CT molecular complexity index is 897. The molecular weight excluding hydrogens is 365 g/mol. The molecular formula is C18H13F3N2O2S. The molecule has 0 bridgehead atoms. The van der Waals surface area contributed by atoms with Gasteiger partial charge in [0, 0.05) is 17.0 Å². The van der Waals surface area contributed by atoms with Crippen molar-refractivity contribution < 1.29 is 22.7 Å². The van der Waals surface area contributed by atoms with Gasteiger partial charge >= 0.3 is 6.36 Å². The number of alkyl halides is 3. The monoisotopic (exact) mass is 378 g/mol. The van der Waals surface area contributed by atoms with E-state index < -0.39 is 6.36 Å². The zero-order chi connectivity index (χ0) is 18.3. The summed E-state index contributed by atoms with van der Waals surface area (Å²) in [4.78, 5) is 13.5. The molecule has 4 nitrogen and oxygen atoms in total. The van der Waals surface area contributed by atoms with Crippen molar-refractivity contribution in [1.82, 2.24) is 5.32 Å². The van der Waals surface area contributed by atoms with Crippen LogP contribution in [-0.2, 0) is 4.79 Å². The predicted molar refractivity (Wildman–Crippen MR) is 91.6 cm³/mol. The molecule has 4 rings (SSSR count). The summed E-state index contributed by atoms with van der Waals surface area (Å²) in [6, 6.07) is 13.5. The normalized spacial score (nSPS) is 19.2. The van der Waals surface area contributed by atoms with Gasteiger partial charge in [-0.15, -0.1) is 13.2 Å². The first kappa shape index (κ1) is 16.8. The molecule has 2 aromatic rings. The van der Waals surface area contributed by atoms with Gasteiger partial charge in [0.25, 0.3) is 5.91 Å². The van der Waals surface area contributed by atoms with E-state index in [9.17, 15) is 18.0 Å². The Balaban J connectivity index is 1.59. The molecule has 1 atom stereocenters. The van der Waals surface area contributed by atoms with Crippen molar-refractivity contribution in [3.8, 4) is 5.75 Å². The Hall–Kier alpha value is -2.61. The first-order valence-corrected chi connectivity index (χ1v) is 8.64. The maximum Gasteiger partial charge on any atom is 0.573 e. The lowest BCUT2D eigenvalue weighted by Gasteiger charge is -2.32. The summed E-state index contributed by atoms with van der Waals surface area (Å²) in [7, 11) is 0. The van der Waals surface area contributed by atoms with E-state index in [0.29, 0.717) is 21.9 Å². The summed E-state index contributed by atoms with van der Waals surface area (Å²) in [5, 5.41) is 6.13. The zero-order valence-corrected chi connectivity index (χ0v) is 14.1. The second kappa shape index (κ2) is 6.28. The highest BCUT2D eigenvalue weighted by atomic mass is 32.2. The Kier molecular flexibility index (Phi) is 4.07. The molecule has 0 saturated carbocycles. The topological polar surface area (TPSA) is 50.4 Å². The van der Waals surface area contributed by atoms with Gasteiger partial charge in [0.15, 0.2) is 0 Å². The lowest BCUT2D eigenvalue weighted by atomic mass is 9.98. The van der Waals surface area contributed by atoms with Crippen LogP contribution in [0.25, 0.3) is 0 Å². The zero-order valence-electron chi connectivity index (χ0n) is 13.3. The Morgan fingerprint density at radius 2 is 1.88 bits per heavy atom. The van der Waals surface area contributed by atoms with E-state index in [1.165, 1.54) is 18.2 Å². The van der Waals surface area contributed by atoms with Gasteiger partial charge in [-0.1, -0.05) is 42.1 Å². The molecule has 26 heavy (non-hydrogen) atoms. The summed E-state index contributed by atoms with van der Waals surface area (Å²) in [5.74, 6) is -0.557. The molecule has 134 valence electrons. The Morgan fingerprint density at radius 3 is 2.62 bits per heavy atom. The highest BCUT2D eigenvalue weighted by molar-refractivity contribution is 8.04. The van der Waals surface area contributed by atoms with Crippen LogP contribution in [0.5, 0.6) is 5.75 Å². The molecule has 2 aromatic carbocycles. The quantitative estimate of drug-likeness (QED) is 0.804. The second-order valence-electron chi connectivity index (χ2n) is 5.88. The van der Waals surface area contributed by atoms with Crippen LogP contribution in [0.4, 0.5) is 18.9 Å². The third-order valence-corrected chi connectivity index (χ3v) is 5.27. The molecule has 0 radical (unpaired) electrons. The minimum absolute atomic E-state index is 0.148. The Morgan fingerprint density at radius 1 is 1.12 bits per heavy atom. The molecule has 0 spiro atoms. The average Bonchev–Trinajstić information content (AvgIpc) is 2.60. The molecule has 1 unspecified atom stereocenters. The number of hydrogen-bond acceptors (Lipinski definition) is 4. The first-order chi connectivity index (χ1) is 12.4. The molecule has 0 aliphatic carbocycles. The minimum Gasteiger partial charge on any atom is -0.406 e. The predicted octanol–water partition coefficient (Wildman–Crippen LogP) is 4.58. The SMILES string of the molecule is O=C1NC(c2ccccc2)CC2=C1Sc1cc(OC(F)(F)F)ccc1N2. The van der Waals surface area contributed by atoms with E-state index in [-0.39, 0.29) is 17.7 Å². The van der Waals surface area contributed by atoms with Gasteiger partial charge in [-0.2, -0.15) is 0 Å². The van der Waals surface area contributed by atoms with Gasteiger partial charge in [-0.3, -0.25) is 4.79 Å². The standard InChI is InChI=1S/C18H13F3N2O2S/c19-18(20,21)25-11-6-7-12-15(8-11)26-16-14(22-12)9-13(23-17(16)24)10-4-2-1-3-5-10/h1-8,13,22H,9H2,(H,23,24). The summed E-state index contributed by atoms with van der Waals surface area (Å²) in [5.41, 5.74) is 2.42. The average molecular weight is 378 g/mol. The number of carbonyl (C=O) groups is 1. The molecule has 0 fully saturated rings. The van der Waals surface area contributed by atoms with Crippen molar-refractivity contribution in [2.75, 3.05) is 5.32 Å². The van der Waals surface area contributed by atoms with Crippen LogP contribution in [0.3, 0.4) is 0 Å². The van der Waals surface area contributed by atoms with Crippen LogP contribution in [0.2, 0.25) is 0 Å². The second-order valence-corrected chi connectivity index (χ2v) is 6.93. The fourth-order valence-electron chi connectivity index (χ4n) is 2.97. The summed E-state index contributed by atoms with van der Waals surface area (Å²) >= 11 is 1.14. The summed E-state index contributed by atoms with van der Waals surface area (Å²) in [6.45, 7) is 0. The lowest BCUT2D eigenvalue weighted by Crippen LogP contribution is -2.36. The molecule has 2 N–H and O–H groups in total. The number of hydrogen-bond donors (Lipinski definition) is 2. The third kappa shape index (κ3) is 3.37. The fourth-order valence-corrected chi connectivity index (χ4v) is 4.00. The maximum atomic E-state index is 12.5. The van der Waals surface area contributed by atoms with E-state index in [2.05, 4.69) is 15.4 Å². The number of halogens is 3. The van der Waals surface area contributed by atoms with E-state index in [1.807, 2.05) is 30.3 Å². The van der Waals surface area contributed by atoms with Crippen molar-refractivity contribution >= 4 is 23.4 Å². The third-order valence-electron chi connectivity index (χ3n) is 4.08. The molecule has 2 aliphatic rings. The van der Waals surface area contributed by atoms with Gasteiger partial charge in [0.1, 0.15) is 5.75 Å². The summed E-state index contributed by atoms with van der Waals surface area (Å²) in [6.07, 6.45) is -4.17. The molecule has 0 aromatic heterocycles. The number of thioether (sulfide) groups is 1. The fraction of sp³-hybridized carbons (Fsp3) is 0.167. The van der Waals surface area contributed by atoms with E-state index in [0.717, 1.165) is 23.0 Å². The highest BCUT2D eigenvalue weighted by Crippen LogP contribution is 2.45. The number of ether oxygens (including phenoxy) is 1. The minimum atomic E-state index is -4.75. The molecule has 1 amide bonds. The number of nitrogens with one attached hydrogen (secondary N) is 2. The lowest BCUT2D eigenvalue weighted by molar-refractivity contribution is -0.274. The number of carbonyl (C=O) groups excluding carboxylic acids is 1.